The first-order valence-corrected chi connectivity index (χ1v) is 14.5. The molecule has 0 saturated carbocycles. The number of ether oxygens (including phenoxy) is 1. The number of nitriles is 1. The highest BCUT2D eigenvalue weighted by molar-refractivity contribution is 5.97. The minimum Gasteiger partial charge on any atom is -0.457 e. The van der Waals surface area contributed by atoms with Crippen molar-refractivity contribution in [2.45, 2.75) is 44.7 Å². The third-order valence-corrected chi connectivity index (χ3v) is 8.32. The van der Waals surface area contributed by atoms with Crippen molar-refractivity contribution in [1.82, 2.24) is 28.9 Å². The van der Waals surface area contributed by atoms with Gasteiger partial charge in [-0.05, 0) is 75.6 Å². The van der Waals surface area contributed by atoms with E-state index in [0.29, 0.717) is 47.7 Å². The van der Waals surface area contributed by atoms with Gasteiger partial charge in [0.2, 0.25) is 0 Å². The Hall–Kier alpha value is -4.95. The SMILES string of the molecule is CC(C)(C=C(C#N)C(=O)N1CCC[C@H](n2c(=O)n(-c3ccc(Oc4ccccc4)cc3)c3c(N)ncnc32)C1)N1CCC1. The molecule has 2 aliphatic heterocycles. The van der Waals surface area contributed by atoms with E-state index in [0.717, 1.165) is 19.5 Å². The molecule has 4 aromatic rings. The number of piperidine rings is 1. The number of fused-ring (bicyclic) bond motifs is 1. The summed E-state index contributed by atoms with van der Waals surface area (Å²) in [5.41, 5.74) is 7.10. The van der Waals surface area contributed by atoms with Gasteiger partial charge in [0.15, 0.2) is 11.5 Å². The van der Waals surface area contributed by atoms with E-state index in [4.69, 9.17) is 10.5 Å². The number of imidazole rings is 1. The highest BCUT2D eigenvalue weighted by Gasteiger charge is 2.34. The molecule has 1 amide bonds. The number of amides is 1. The number of likely N-dealkylation sites (tertiary alicyclic amines) is 2. The molecule has 6 rings (SSSR count). The number of aromatic nitrogens is 4. The number of hydrogen-bond acceptors (Lipinski definition) is 8. The highest BCUT2D eigenvalue weighted by atomic mass is 16.5. The molecule has 4 heterocycles. The van der Waals surface area contributed by atoms with Crippen LogP contribution >= 0.6 is 0 Å². The monoisotopic (exact) mass is 578 g/mol. The largest absolute Gasteiger partial charge is 0.457 e. The van der Waals surface area contributed by atoms with Crippen LogP contribution in [0.1, 0.15) is 39.2 Å². The summed E-state index contributed by atoms with van der Waals surface area (Å²) in [5.74, 6) is 1.19. The Morgan fingerprint density at radius 1 is 1.05 bits per heavy atom. The molecule has 2 aromatic heterocycles. The number of nitrogens with zero attached hydrogens (tertiary/aromatic N) is 7. The number of nitrogen functional groups attached to an aromatic ring is 1. The third-order valence-electron chi connectivity index (χ3n) is 8.32. The van der Waals surface area contributed by atoms with E-state index in [1.165, 1.54) is 10.9 Å². The lowest BCUT2D eigenvalue weighted by molar-refractivity contribution is -0.128. The van der Waals surface area contributed by atoms with Crippen molar-refractivity contribution in [3.8, 4) is 23.3 Å². The van der Waals surface area contributed by atoms with Gasteiger partial charge in [-0.25, -0.2) is 14.8 Å². The summed E-state index contributed by atoms with van der Waals surface area (Å²) in [6.07, 6.45) is 5.57. The molecule has 220 valence electrons. The zero-order valence-corrected chi connectivity index (χ0v) is 24.3. The molecule has 2 saturated heterocycles. The second kappa shape index (κ2) is 11.4. The number of carbonyl (C=O) groups excluding carboxylic acids is 1. The average Bonchev–Trinajstić information content (AvgIpc) is 3.28. The fourth-order valence-electron chi connectivity index (χ4n) is 5.92. The van der Waals surface area contributed by atoms with Crippen LogP contribution in [-0.4, -0.2) is 66.5 Å². The maximum Gasteiger partial charge on any atom is 0.335 e. The van der Waals surface area contributed by atoms with Crippen LogP contribution in [0.5, 0.6) is 11.5 Å². The Morgan fingerprint density at radius 2 is 1.77 bits per heavy atom. The van der Waals surface area contributed by atoms with Crippen molar-refractivity contribution < 1.29 is 9.53 Å². The van der Waals surface area contributed by atoms with Gasteiger partial charge in [0.05, 0.1) is 11.7 Å². The molecule has 0 aliphatic carbocycles. The molecule has 2 aliphatic rings. The van der Waals surface area contributed by atoms with Gasteiger partial charge in [0, 0.05) is 31.7 Å². The lowest BCUT2D eigenvalue weighted by atomic mass is 9.94. The Labute approximate surface area is 249 Å². The topological polar surface area (TPSA) is 135 Å². The molecule has 43 heavy (non-hydrogen) atoms. The second-order valence-electron chi connectivity index (χ2n) is 11.5. The van der Waals surface area contributed by atoms with Gasteiger partial charge >= 0.3 is 5.69 Å². The van der Waals surface area contributed by atoms with E-state index in [9.17, 15) is 14.9 Å². The first-order chi connectivity index (χ1) is 20.8. The molecule has 0 bridgehead atoms. The standard InChI is InChI=1S/C32H34N8O3/c1-32(2,38-16-7-17-38)18-22(19-33)30(41)37-15-6-8-24(20-37)40-29-27(28(34)35-21-36-29)39(31(40)42)23-11-13-26(14-12-23)43-25-9-4-3-5-10-25/h3-5,9-14,18,21,24H,6-8,15-17,20H2,1-2H3,(H2,34,35,36)/t24-/m0/s1. The van der Waals surface area contributed by atoms with Gasteiger partial charge in [-0.1, -0.05) is 18.2 Å². The van der Waals surface area contributed by atoms with Crippen molar-refractivity contribution >= 4 is 22.9 Å². The Bertz CT molecular complexity index is 1780. The quantitative estimate of drug-likeness (QED) is 0.256. The number of hydrogen-bond donors (Lipinski definition) is 1. The van der Waals surface area contributed by atoms with E-state index < -0.39 is 5.54 Å². The highest BCUT2D eigenvalue weighted by Crippen LogP contribution is 2.30. The van der Waals surface area contributed by atoms with Crippen LogP contribution in [0.25, 0.3) is 16.9 Å². The number of rotatable bonds is 7. The number of benzene rings is 2. The first kappa shape index (κ1) is 28.2. The van der Waals surface area contributed by atoms with Crippen LogP contribution in [-0.2, 0) is 4.79 Å². The molecule has 11 heteroatoms. The third kappa shape index (κ3) is 5.37. The van der Waals surface area contributed by atoms with Crippen molar-refractivity contribution in [2.75, 3.05) is 31.9 Å². The van der Waals surface area contributed by atoms with Gasteiger partial charge in [-0.3, -0.25) is 18.8 Å². The fraction of sp³-hybridized carbons (Fsp3) is 0.344. The number of nitrogens with two attached hydrogens (primary N) is 1. The minimum atomic E-state index is -0.394. The molecule has 0 unspecified atom stereocenters. The smallest absolute Gasteiger partial charge is 0.335 e. The lowest BCUT2D eigenvalue weighted by Crippen LogP contribution is -2.51. The van der Waals surface area contributed by atoms with Crippen molar-refractivity contribution in [1.29, 1.82) is 5.26 Å². The van der Waals surface area contributed by atoms with Crippen molar-refractivity contribution in [3.63, 3.8) is 0 Å². The van der Waals surface area contributed by atoms with Gasteiger partial charge < -0.3 is 15.4 Å². The van der Waals surface area contributed by atoms with Crippen LogP contribution in [0, 0.1) is 11.3 Å². The summed E-state index contributed by atoms with van der Waals surface area (Å²) in [6, 6.07) is 18.4. The zero-order chi connectivity index (χ0) is 30.1. The lowest BCUT2D eigenvalue weighted by Gasteiger charge is -2.43. The number of anilines is 1. The van der Waals surface area contributed by atoms with Gasteiger partial charge in [-0.2, -0.15) is 5.26 Å². The minimum absolute atomic E-state index is 0.122. The van der Waals surface area contributed by atoms with E-state index in [1.807, 2.05) is 44.2 Å². The van der Waals surface area contributed by atoms with Gasteiger partial charge in [-0.15, -0.1) is 0 Å². The Morgan fingerprint density at radius 3 is 2.44 bits per heavy atom. The van der Waals surface area contributed by atoms with Crippen LogP contribution < -0.4 is 16.2 Å². The predicted molar refractivity (Wildman–Crippen MR) is 163 cm³/mol. The number of para-hydroxylation sites is 1. The molecule has 11 nitrogen and oxygen atoms in total. The predicted octanol–water partition coefficient (Wildman–Crippen LogP) is 4.05. The van der Waals surface area contributed by atoms with Crippen LogP contribution in [0.4, 0.5) is 5.82 Å². The first-order valence-electron chi connectivity index (χ1n) is 14.5. The Kier molecular flexibility index (Phi) is 7.46. The normalized spacial score (nSPS) is 17.8. The summed E-state index contributed by atoms with van der Waals surface area (Å²) in [4.78, 5) is 40.2. The zero-order valence-electron chi connectivity index (χ0n) is 24.3. The van der Waals surface area contributed by atoms with E-state index in [1.54, 1.807) is 39.8 Å². The molecule has 2 aromatic carbocycles. The van der Waals surface area contributed by atoms with E-state index >= 15 is 0 Å². The molecular formula is C32H34N8O3. The molecule has 0 radical (unpaired) electrons. The average molecular weight is 579 g/mol. The second-order valence-corrected chi connectivity index (χ2v) is 11.5. The maximum atomic E-state index is 14.1. The van der Waals surface area contributed by atoms with Crippen LogP contribution in [0.15, 0.2) is 77.4 Å². The molecule has 2 N–H and O–H groups in total. The molecule has 0 spiro atoms. The molecule has 2 fully saturated rings. The van der Waals surface area contributed by atoms with Gasteiger partial charge in [0.1, 0.15) is 35.0 Å². The van der Waals surface area contributed by atoms with Crippen molar-refractivity contribution in [3.05, 3.63) is 83.1 Å². The van der Waals surface area contributed by atoms with Crippen LogP contribution in [0.3, 0.4) is 0 Å². The van der Waals surface area contributed by atoms with Crippen LogP contribution in [0.2, 0.25) is 0 Å². The summed E-state index contributed by atoms with van der Waals surface area (Å²) in [5, 5.41) is 9.91. The molecular weight excluding hydrogens is 544 g/mol. The molecule has 1 atom stereocenters. The number of carbonyl (C=O) groups is 1. The van der Waals surface area contributed by atoms with E-state index in [-0.39, 0.29) is 35.6 Å². The van der Waals surface area contributed by atoms with E-state index in [2.05, 4.69) is 20.9 Å². The summed E-state index contributed by atoms with van der Waals surface area (Å²) >= 11 is 0. The summed E-state index contributed by atoms with van der Waals surface area (Å²) < 4.78 is 9.04. The Balaban J connectivity index is 1.31. The maximum absolute atomic E-state index is 14.1. The van der Waals surface area contributed by atoms with Gasteiger partial charge in [0.25, 0.3) is 5.91 Å². The fourth-order valence-corrected chi connectivity index (χ4v) is 5.92. The summed E-state index contributed by atoms with van der Waals surface area (Å²) in [7, 11) is 0. The summed E-state index contributed by atoms with van der Waals surface area (Å²) in [6.45, 7) is 6.72. The van der Waals surface area contributed by atoms with Crippen molar-refractivity contribution in [2.24, 2.45) is 0 Å².